The van der Waals surface area contributed by atoms with Crippen molar-refractivity contribution in [1.82, 2.24) is 20.3 Å². The van der Waals surface area contributed by atoms with Crippen molar-refractivity contribution < 1.29 is 19.1 Å². The highest BCUT2D eigenvalue weighted by molar-refractivity contribution is 6.17. The molecule has 1 N–H and O–H groups in total. The number of ether oxygens (including phenoxy) is 2. The van der Waals surface area contributed by atoms with Crippen LogP contribution in [0.3, 0.4) is 0 Å². The SMILES string of the molecule is CC(C)(C)OC(=O)NCCCn1cc(C(=O)OCCl)nn1. The maximum absolute atomic E-state index is 11.4. The molecule has 0 aliphatic heterocycles. The molecule has 0 saturated carbocycles. The van der Waals surface area contributed by atoms with Crippen LogP contribution in [0.25, 0.3) is 0 Å². The zero-order valence-corrected chi connectivity index (χ0v) is 13.0. The topological polar surface area (TPSA) is 95.3 Å². The van der Waals surface area contributed by atoms with Crippen LogP contribution in [0.2, 0.25) is 0 Å². The van der Waals surface area contributed by atoms with E-state index in [-0.39, 0.29) is 11.8 Å². The molecular weight excluding hydrogens is 300 g/mol. The lowest BCUT2D eigenvalue weighted by Crippen LogP contribution is -2.33. The van der Waals surface area contributed by atoms with Gasteiger partial charge in [0.2, 0.25) is 0 Å². The number of esters is 1. The summed E-state index contributed by atoms with van der Waals surface area (Å²) in [6.07, 6.45) is 1.61. The van der Waals surface area contributed by atoms with Gasteiger partial charge in [-0.3, -0.25) is 4.68 Å². The predicted octanol–water partition coefficient (Wildman–Crippen LogP) is 1.55. The highest BCUT2D eigenvalue weighted by Crippen LogP contribution is 2.06. The monoisotopic (exact) mass is 318 g/mol. The van der Waals surface area contributed by atoms with E-state index in [2.05, 4.69) is 20.4 Å². The second-order valence-electron chi connectivity index (χ2n) is 5.19. The molecule has 21 heavy (non-hydrogen) atoms. The van der Waals surface area contributed by atoms with Gasteiger partial charge < -0.3 is 14.8 Å². The Balaban J connectivity index is 2.27. The normalized spacial score (nSPS) is 11.0. The molecule has 118 valence electrons. The third kappa shape index (κ3) is 6.94. The molecule has 0 fully saturated rings. The summed E-state index contributed by atoms with van der Waals surface area (Å²) < 4.78 is 11.2. The van der Waals surface area contributed by atoms with E-state index < -0.39 is 17.7 Å². The molecule has 0 saturated heterocycles. The van der Waals surface area contributed by atoms with Gasteiger partial charge in [0.05, 0.1) is 6.20 Å². The average Bonchev–Trinajstić information content (AvgIpc) is 2.81. The Bertz CT molecular complexity index is 484. The average molecular weight is 319 g/mol. The highest BCUT2D eigenvalue weighted by atomic mass is 35.5. The first kappa shape index (κ1) is 17.2. The molecule has 0 aliphatic rings. The van der Waals surface area contributed by atoms with Crippen molar-refractivity contribution in [1.29, 1.82) is 0 Å². The van der Waals surface area contributed by atoms with E-state index in [4.69, 9.17) is 16.3 Å². The number of nitrogens with one attached hydrogen (secondary N) is 1. The van der Waals surface area contributed by atoms with Crippen LogP contribution >= 0.6 is 11.6 Å². The van der Waals surface area contributed by atoms with E-state index in [1.807, 2.05) is 0 Å². The van der Waals surface area contributed by atoms with Crippen LogP contribution in [0.4, 0.5) is 4.79 Å². The summed E-state index contributed by atoms with van der Waals surface area (Å²) in [5, 5.41) is 10.1. The molecule has 0 aliphatic carbocycles. The van der Waals surface area contributed by atoms with E-state index in [0.29, 0.717) is 19.5 Å². The van der Waals surface area contributed by atoms with Crippen molar-refractivity contribution in [3.63, 3.8) is 0 Å². The number of amides is 1. The molecule has 0 aromatic carbocycles. The molecule has 1 amide bonds. The number of alkyl halides is 1. The van der Waals surface area contributed by atoms with Crippen LogP contribution in [0.1, 0.15) is 37.7 Å². The van der Waals surface area contributed by atoms with Gasteiger partial charge in [-0.05, 0) is 27.2 Å². The Labute approximate surface area is 127 Å². The van der Waals surface area contributed by atoms with Crippen LogP contribution in [-0.4, -0.2) is 45.3 Å². The number of aryl methyl sites for hydroxylation is 1. The summed E-state index contributed by atoms with van der Waals surface area (Å²) in [7, 11) is 0. The lowest BCUT2D eigenvalue weighted by molar-refractivity contribution is 0.0524. The minimum absolute atomic E-state index is 0.0933. The molecule has 0 radical (unpaired) electrons. The van der Waals surface area contributed by atoms with E-state index in [0.717, 1.165) is 0 Å². The smallest absolute Gasteiger partial charge is 0.407 e. The zero-order valence-electron chi connectivity index (χ0n) is 12.3. The van der Waals surface area contributed by atoms with E-state index in [9.17, 15) is 9.59 Å². The number of alkyl carbamates (subject to hydrolysis) is 1. The summed E-state index contributed by atoms with van der Waals surface area (Å²) in [5.41, 5.74) is -0.427. The molecular formula is C12H19ClN4O4. The van der Waals surface area contributed by atoms with Crippen molar-refractivity contribution in [2.45, 2.75) is 39.3 Å². The third-order valence-corrected chi connectivity index (χ3v) is 2.27. The second-order valence-corrected chi connectivity index (χ2v) is 5.41. The first-order chi connectivity index (χ1) is 9.81. The minimum Gasteiger partial charge on any atom is -0.445 e. The Morgan fingerprint density at radius 2 is 2.14 bits per heavy atom. The van der Waals surface area contributed by atoms with Crippen molar-refractivity contribution in [3.8, 4) is 0 Å². The molecule has 9 heteroatoms. The molecule has 1 aromatic heterocycles. The molecule has 1 heterocycles. The highest BCUT2D eigenvalue weighted by Gasteiger charge is 2.15. The number of halogens is 1. The Morgan fingerprint density at radius 1 is 1.43 bits per heavy atom. The van der Waals surface area contributed by atoms with E-state index in [1.165, 1.54) is 10.9 Å². The first-order valence-corrected chi connectivity index (χ1v) is 6.95. The van der Waals surface area contributed by atoms with E-state index in [1.54, 1.807) is 20.8 Å². The van der Waals surface area contributed by atoms with Crippen molar-refractivity contribution in [3.05, 3.63) is 11.9 Å². The number of hydrogen-bond acceptors (Lipinski definition) is 6. The summed E-state index contributed by atoms with van der Waals surface area (Å²) in [6, 6.07) is -0.231. The Hall–Kier alpha value is -1.83. The minimum atomic E-state index is -0.622. The summed E-state index contributed by atoms with van der Waals surface area (Å²) >= 11 is 5.28. The Kier molecular flexibility index (Phi) is 6.41. The predicted molar refractivity (Wildman–Crippen MR) is 75.0 cm³/mol. The molecule has 0 atom stereocenters. The molecule has 0 unspecified atom stereocenters. The van der Waals surface area contributed by atoms with Gasteiger partial charge in [-0.25, -0.2) is 9.59 Å². The van der Waals surface area contributed by atoms with E-state index >= 15 is 0 Å². The summed E-state index contributed by atoms with van der Waals surface area (Å²) in [5.74, 6) is -0.622. The maximum Gasteiger partial charge on any atom is 0.407 e. The maximum atomic E-state index is 11.4. The van der Waals surface area contributed by atoms with Crippen LogP contribution in [0, 0.1) is 0 Å². The van der Waals surface area contributed by atoms with Crippen molar-refractivity contribution >= 4 is 23.7 Å². The van der Waals surface area contributed by atoms with Crippen LogP contribution in [0.5, 0.6) is 0 Å². The fourth-order valence-electron chi connectivity index (χ4n) is 1.37. The number of carbonyl (C=O) groups excluding carboxylic acids is 2. The van der Waals surface area contributed by atoms with Gasteiger partial charge >= 0.3 is 12.1 Å². The number of aromatic nitrogens is 3. The van der Waals surface area contributed by atoms with Crippen LogP contribution in [0.15, 0.2) is 6.20 Å². The summed E-state index contributed by atoms with van der Waals surface area (Å²) in [4.78, 5) is 22.7. The van der Waals surface area contributed by atoms with Crippen molar-refractivity contribution in [2.75, 3.05) is 12.6 Å². The van der Waals surface area contributed by atoms with Crippen molar-refractivity contribution in [2.24, 2.45) is 0 Å². The second kappa shape index (κ2) is 7.82. The fourth-order valence-corrected chi connectivity index (χ4v) is 1.47. The van der Waals surface area contributed by atoms with Gasteiger partial charge in [0.1, 0.15) is 5.60 Å². The largest absolute Gasteiger partial charge is 0.445 e. The van der Waals surface area contributed by atoms with Gasteiger partial charge in [-0.1, -0.05) is 16.8 Å². The van der Waals surface area contributed by atoms with Gasteiger partial charge in [0.25, 0.3) is 0 Å². The molecule has 0 spiro atoms. The van der Waals surface area contributed by atoms with Gasteiger partial charge in [0.15, 0.2) is 11.8 Å². The lowest BCUT2D eigenvalue weighted by Gasteiger charge is -2.19. The lowest BCUT2D eigenvalue weighted by atomic mass is 10.2. The molecule has 0 bridgehead atoms. The number of nitrogens with zero attached hydrogens (tertiary/aromatic N) is 3. The quantitative estimate of drug-likeness (QED) is 0.485. The number of carbonyl (C=O) groups is 2. The van der Waals surface area contributed by atoms with Crippen LogP contribution < -0.4 is 5.32 Å². The standard InChI is InChI=1S/C12H19ClN4O4/c1-12(2,3)21-11(19)14-5-4-6-17-7-9(15-16-17)10(18)20-8-13/h7H,4-6,8H2,1-3H3,(H,14,19). The fraction of sp³-hybridized carbons (Fsp3) is 0.667. The van der Waals surface area contributed by atoms with Gasteiger partial charge in [-0.2, -0.15) is 0 Å². The Morgan fingerprint density at radius 3 is 2.76 bits per heavy atom. The van der Waals surface area contributed by atoms with Crippen LogP contribution in [-0.2, 0) is 16.0 Å². The van der Waals surface area contributed by atoms with Gasteiger partial charge in [0, 0.05) is 13.1 Å². The zero-order chi connectivity index (χ0) is 15.9. The number of rotatable bonds is 6. The summed E-state index contributed by atoms with van der Waals surface area (Å²) in [6.45, 7) is 6.31. The molecule has 1 aromatic rings. The third-order valence-electron chi connectivity index (χ3n) is 2.17. The molecule has 1 rings (SSSR count). The number of hydrogen-bond donors (Lipinski definition) is 1. The first-order valence-electron chi connectivity index (χ1n) is 6.42. The van der Waals surface area contributed by atoms with Gasteiger partial charge in [-0.15, -0.1) is 5.10 Å². The molecule has 8 nitrogen and oxygen atoms in total.